The molecule has 1 aliphatic rings. The van der Waals surface area contributed by atoms with Crippen molar-refractivity contribution < 1.29 is 4.74 Å². The molecule has 1 atom stereocenters. The van der Waals surface area contributed by atoms with Crippen LogP contribution in [0.2, 0.25) is 10.0 Å². The van der Waals surface area contributed by atoms with Crippen molar-refractivity contribution in [3.8, 4) is 5.75 Å². The minimum Gasteiger partial charge on any atom is -0.464 e. The molecule has 2 aromatic rings. The largest absolute Gasteiger partial charge is 0.464 e. The first-order chi connectivity index (χ1) is 8.24. The summed E-state index contributed by atoms with van der Waals surface area (Å²) in [7, 11) is 0. The van der Waals surface area contributed by atoms with Crippen molar-refractivity contribution in [1.82, 2.24) is 0 Å². The highest BCUT2D eigenvalue weighted by atomic mass is 35.5. The smallest absolute Gasteiger partial charge is 0.196 e. The van der Waals surface area contributed by atoms with E-state index in [-0.39, 0.29) is 6.23 Å². The van der Waals surface area contributed by atoms with Crippen LogP contribution < -0.4 is 10.1 Å². The van der Waals surface area contributed by atoms with Crippen molar-refractivity contribution in [3.05, 3.63) is 58.1 Å². The Labute approximate surface area is 109 Å². The van der Waals surface area contributed by atoms with E-state index >= 15 is 0 Å². The van der Waals surface area contributed by atoms with Crippen LogP contribution in [0.3, 0.4) is 0 Å². The molecule has 4 heteroatoms. The van der Waals surface area contributed by atoms with Crippen molar-refractivity contribution >= 4 is 28.9 Å². The molecule has 0 saturated heterocycles. The molecule has 86 valence electrons. The van der Waals surface area contributed by atoms with Gasteiger partial charge in [0.05, 0.1) is 15.7 Å². The second-order valence-corrected chi connectivity index (χ2v) is 4.63. The average Bonchev–Trinajstić information content (AvgIpc) is 2.76. The Morgan fingerprint density at radius 3 is 2.59 bits per heavy atom. The molecule has 0 bridgehead atoms. The molecule has 1 heterocycles. The standard InChI is InChI=1S/C13H9Cl2NO/c14-9-6-5-8(7-10(9)15)13-16-11-3-1-2-4-12(11)17-13/h1-7,13,16H. The van der Waals surface area contributed by atoms with Gasteiger partial charge in [-0.1, -0.05) is 41.4 Å². The van der Waals surface area contributed by atoms with Crippen molar-refractivity contribution in [1.29, 1.82) is 0 Å². The number of hydrogen-bond donors (Lipinski definition) is 1. The molecule has 1 unspecified atom stereocenters. The molecular formula is C13H9Cl2NO. The topological polar surface area (TPSA) is 21.3 Å². The summed E-state index contributed by atoms with van der Waals surface area (Å²) in [5, 5.41) is 4.35. The van der Waals surface area contributed by atoms with E-state index < -0.39 is 0 Å². The number of ether oxygens (including phenoxy) is 1. The number of rotatable bonds is 1. The van der Waals surface area contributed by atoms with Gasteiger partial charge in [-0.25, -0.2) is 0 Å². The van der Waals surface area contributed by atoms with Crippen LogP contribution in [-0.2, 0) is 0 Å². The molecule has 0 aromatic heterocycles. The van der Waals surface area contributed by atoms with Crippen LogP contribution in [-0.4, -0.2) is 0 Å². The SMILES string of the molecule is Clc1ccc(C2Nc3ccccc3O2)cc1Cl. The van der Waals surface area contributed by atoms with E-state index in [1.807, 2.05) is 36.4 Å². The maximum atomic E-state index is 5.99. The number of fused-ring (bicyclic) bond motifs is 1. The fraction of sp³-hybridized carbons (Fsp3) is 0.0769. The van der Waals surface area contributed by atoms with E-state index in [2.05, 4.69) is 5.32 Å². The first kappa shape index (κ1) is 10.8. The molecule has 1 N–H and O–H groups in total. The van der Waals surface area contributed by atoms with Crippen LogP contribution in [0.25, 0.3) is 0 Å². The third-order valence-electron chi connectivity index (χ3n) is 2.66. The van der Waals surface area contributed by atoms with Crippen LogP contribution >= 0.6 is 23.2 Å². The molecule has 0 radical (unpaired) electrons. The first-order valence-electron chi connectivity index (χ1n) is 5.21. The summed E-state index contributed by atoms with van der Waals surface area (Å²) in [5.41, 5.74) is 1.94. The summed E-state index contributed by atoms with van der Waals surface area (Å²) >= 11 is 11.9. The van der Waals surface area contributed by atoms with Crippen LogP contribution in [0.15, 0.2) is 42.5 Å². The summed E-state index contributed by atoms with van der Waals surface area (Å²) in [4.78, 5) is 0. The molecule has 0 saturated carbocycles. The Hall–Kier alpha value is -1.38. The first-order valence-corrected chi connectivity index (χ1v) is 5.97. The lowest BCUT2D eigenvalue weighted by molar-refractivity contribution is 0.260. The van der Waals surface area contributed by atoms with E-state index in [1.54, 1.807) is 6.07 Å². The molecule has 0 spiro atoms. The number of hydrogen-bond acceptors (Lipinski definition) is 2. The number of halogens is 2. The summed E-state index contributed by atoms with van der Waals surface area (Å²) < 4.78 is 5.77. The van der Waals surface area contributed by atoms with Gasteiger partial charge in [0, 0.05) is 5.56 Å². The minimum atomic E-state index is -0.206. The Morgan fingerprint density at radius 2 is 1.82 bits per heavy atom. The third-order valence-corrected chi connectivity index (χ3v) is 3.40. The van der Waals surface area contributed by atoms with Gasteiger partial charge >= 0.3 is 0 Å². The predicted molar refractivity (Wildman–Crippen MR) is 69.9 cm³/mol. The van der Waals surface area contributed by atoms with Gasteiger partial charge in [0.2, 0.25) is 0 Å². The Bertz CT molecular complexity index is 546. The predicted octanol–water partition coefficient (Wildman–Crippen LogP) is 4.50. The van der Waals surface area contributed by atoms with Gasteiger partial charge in [-0.3, -0.25) is 0 Å². The molecule has 1 aliphatic heterocycles. The lowest BCUT2D eigenvalue weighted by Crippen LogP contribution is -2.09. The fourth-order valence-electron chi connectivity index (χ4n) is 1.81. The quantitative estimate of drug-likeness (QED) is 0.820. The van der Waals surface area contributed by atoms with Crippen molar-refractivity contribution in [2.75, 3.05) is 5.32 Å². The van der Waals surface area contributed by atoms with Gasteiger partial charge in [0.25, 0.3) is 0 Å². The van der Waals surface area contributed by atoms with Gasteiger partial charge in [-0.2, -0.15) is 0 Å². The lowest BCUT2D eigenvalue weighted by atomic mass is 10.2. The van der Waals surface area contributed by atoms with Crippen molar-refractivity contribution in [2.24, 2.45) is 0 Å². The summed E-state index contributed by atoms with van der Waals surface area (Å²) in [5.74, 6) is 0.851. The van der Waals surface area contributed by atoms with Crippen molar-refractivity contribution in [3.63, 3.8) is 0 Å². The van der Waals surface area contributed by atoms with Crippen LogP contribution in [0.5, 0.6) is 5.75 Å². The van der Waals surface area contributed by atoms with Crippen LogP contribution in [0, 0.1) is 0 Å². The zero-order valence-electron chi connectivity index (χ0n) is 8.78. The van der Waals surface area contributed by atoms with E-state index in [4.69, 9.17) is 27.9 Å². The Balaban J connectivity index is 1.91. The Morgan fingerprint density at radius 1 is 1.00 bits per heavy atom. The number of nitrogens with one attached hydrogen (secondary N) is 1. The Kier molecular flexibility index (Phi) is 2.61. The number of anilines is 1. The normalized spacial score (nSPS) is 17.2. The molecule has 2 nitrogen and oxygen atoms in total. The monoisotopic (exact) mass is 265 g/mol. The van der Waals surface area contributed by atoms with Crippen LogP contribution in [0.1, 0.15) is 11.8 Å². The molecule has 0 fully saturated rings. The molecule has 0 amide bonds. The second kappa shape index (κ2) is 4.13. The highest BCUT2D eigenvalue weighted by Crippen LogP contribution is 2.38. The maximum absolute atomic E-state index is 5.99. The highest BCUT2D eigenvalue weighted by Gasteiger charge is 2.23. The van der Waals surface area contributed by atoms with Crippen molar-refractivity contribution in [2.45, 2.75) is 6.23 Å². The van der Waals surface area contributed by atoms with E-state index in [0.29, 0.717) is 10.0 Å². The fourth-order valence-corrected chi connectivity index (χ4v) is 2.12. The minimum absolute atomic E-state index is 0.206. The second-order valence-electron chi connectivity index (χ2n) is 3.81. The summed E-state index contributed by atoms with van der Waals surface area (Å²) in [6.45, 7) is 0. The zero-order valence-corrected chi connectivity index (χ0v) is 10.3. The van der Waals surface area contributed by atoms with E-state index in [0.717, 1.165) is 17.0 Å². The molecule has 2 aromatic carbocycles. The summed E-state index contributed by atoms with van der Waals surface area (Å²) in [6, 6.07) is 13.3. The van der Waals surface area contributed by atoms with Gasteiger partial charge in [-0.05, 0) is 24.3 Å². The van der Waals surface area contributed by atoms with Crippen LogP contribution in [0.4, 0.5) is 5.69 Å². The zero-order chi connectivity index (χ0) is 11.8. The number of para-hydroxylation sites is 2. The van der Waals surface area contributed by atoms with Gasteiger partial charge < -0.3 is 10.1 Å². The molecule has 0 aliphatic carbocycles. The van der Waals surface area contributed by atoms with Gasteiger partial charge in [0.1, 0.15) is 5.75 Å². The number of benzene rings is 2. The summed E-state index contributed by atoms with van der Waals surface area (Å²) in [6.07, 6.45) is -0.206. The molecular weight excluding hydrogens is 257 g/mol. The molecule has 17 heavy (non-hydrogen) atoms. The van der Waals surface area contributed by atoms with E-state index in [9.17, 15) is 0 Å². The maximum Gasteiger partial charge on any atom is 0.196 e. The van der Waals surface area contributed by atoms with E-state index in [1.165, 1.54) is 0 Å². The van der Waals surface area contributed by atoms with Gasteiger partial charge in [-0.15, -0.1) is 0 Å². The average molecular weight is 266 g/mol. The highest BCUT2D eigenvalue weighted by molar-refractivity contribution is 6.42. The third kappa shape index (κ3) is 1.94. The lowest BCUT2D eigenvalue weighted by Gasteiger charge is -2.12. The molecule has 3 rings (SSSR count). The van der Waals surface area contributed by atoms with Gasteiger partial charge in [0.15, 0.2) is 6.23 Å².